The van der Waals surface area contributed by atoms with Crippen molar-refractivity contribution >= 4 is 23.4 Å². The van der Waals surface area contributed by atoms with Gasteiger partial charge in [0.05, 0.1) is 4.92 Å². The van der Waals surface area contributed by atoms with Crippen LogP contribution in [0.1, 0.15) is 18.4 Å². The van der Waals surface area contributed by atoms with Gasteiger partial charge in [-0.25, -0.2) is 0 Å². The number of thioether (sulfide) groups is 1. The fourth-order valence-electron chi connectivity index (χ4n) is 1.72. The predicted octanol–water partition coefficient (Wildman–Crippen LogP) is 2.40. The smallest absolute Gasteiger partial charge is 0.269 e. The summed E-state index contributed by atoms with van der Waals surface area (Å²) < 4.78 is 0. The van der Waals surface area contributed by atoms with Crippen molar-refractivity contribution in [1.82, 2.24) is 10.6 Å². The lowest BCUT2D eigenvalue weighted by Gasteiger charge is -2.11. The summed E-state index contributed by atoms with van der Waals surface area (Å²) in [5, 5.41) is 17.0. The maximum atomic E-state index is 10.6. The Labute approximate surface area is 129 Å². The number of hydrogen-bond donors (Lipinski definition) is 2. The van der Waals surface area contributed by atoms with Gasteiger partial charge < -0.3 is 10.6 Å². The number of aliphatic imine (C=N–C) groups is 1. The first-order valence-corrected chi connectivity index (χ1v) is 8.23. The number of guanidine groups is 1. The van der Waals surface area contributed by atoms with Crippen molar-refractivity contribution in [3.63, 3.8) is 0 Å². The zero-order chi connectivity index (χ0) is 15.5. The molecule has 0 radical (unpaired) electrons. The number of nitrogens with zero attached hydrogens (tertiary/aromatic N) is 2. The van der Waals surface area contributed by atoms with E-state index in [0.717, 1.165) is 24.5 Å². The Hall–Kier alpha value is -1.76. The highest BCUT2D eigenvalue weighted by Gasteiger charge is 2.04. The van der Waals surface area contributed by atoms with Gasteiger partial charge in [-0.05, 0) is 30.4 Å². The molecule has 2 N–H and O–H groups in total. The molecule has 0 saturated heterocycles. The monoisotopic (exact) mass is 310 g/mol. The fraction of sp³-hybridized carbons (Fsp3) is 0.500. The molecule has 0 aliphatic heterocycles. The summed E-state index contributed by atoms with van der Waals surface area (Å²) in [5.74, 6) is 1.92. The molecule has 0 bridgehead atoms. The van der Waals surface area contributed by atoms with E-state index in [-0.39, 0.29) is 5.69 Å². The molecule has 0 spiro atoms. The van der Waals surface area contributed by atoms with Gasteiger partial charge in [0.25, 0.3) is 5.69 Å². The molecule has 0 fully saturated rings. The van der Waals surface area contributed by atoms with E-state index < -0.39 is 4.92 Å². The minimum atomic E-state index is -0.397. The summed E-state index contributed by atoms with van der Waals surface area (Å²) in [6.45, 7) is 1.48. The molecule has 0 atom stereocenters. The van der Waals surface area contributed by atoms with Gasteiger partial charge in [-0.2, -0.15) is 11.8 Å². The maximum absolute atomic E-state index is 10.6. The Morgan fingerprint density at radius 2 is 2.00 bits per heavy atom. The summed E-state index contributed by atoms with van der Waals surface area (Å²) in [4.78, 5) is 14.3. The topological polar surface area (TPSA) is 79.6 Å². The minimum Gasteiger partial charge on any atom is -0.356 e. The molecule has 1 aromatic carbocycles. The lowest BCUT2D eigenvalue weighted by Crippen LogP contribution is -2.37. The van der Waals surface area contributed by atoms with Gasteiger partial charge in [-0.15, -0.1) is 0 Å². The summed E-state index contributed by atoms with van der Waals surface area (Å²) in [6.07, 6.45) is 4.41. The Kier molecular flexibility index (Phi) is 8.27. The molecule has 0 heterocycles. The van der Waals surface area contributed by atoms with Crippen LogP contribution in [0, 0.1) is 10.1 Å². The van der Waals surface area contributed by atoms with Gasteiger partial charge in [0, 0.05) is 32.3 Å². The van der Waals surface area contributed by atoms with Crippen LogP contribution in [0.3, 0.4) is 0 Å². The maximum Gasteiger partial charge on any atom is 0.269 e. The zero-order valence-electron chi connectivity index (χ0n) is 12.5. The first-order valence-electron chi connectivity index (χ1n) is 6.84. The summed E-state index contributed by atoms with van der Waals surface area (Å²) in [5.41, 5.74) is 1.08. The molecule has 0 saturated carbocycles. The second kappa shape index (κ2) is 10.0. The Morgan fingerprint density at radius 3 is 2.57 bits per heavy atom. The van der Waals surface area contributed by atoms with Crippen LogP contribution in [0.2, 0.25) is 0 Å². The number of rotatable bonds is 8. The molecule has 7 heteroatoms. The van der Waals surface area contributed by atoms with Crippen LogP contribution < -0.4 is 10.6 Å². The Balaban J connectivity index is 2.32. The van der Waals surface area contributed by atoms with Gasteiger partial charge >= 0.3 is 0 Å². The van der Waals surface area contributed by atoms with E-state index in [1.165, 1.54) is 24.3 Å². The second-order valence-corrected chi connectivity index (χ2v) is 5.46. The van der Waals surface area contributed by atoms with Crippen LogP contribution in [0.15, 0.2) is 29.3 Å². The van der Waals surface area contributed by atoms with Crippen LogP contribution in [-0.4, -0.2) is 36.5 Å². The molecule has 6 nitrogen and oxygen atoms in total. The van der Waals surface area contributed by atoms with Crippen LogP contribution in [0.4, 0.5) is 5.69 Å². The van der Waals surface area contributed by atoms with E-state index in [0.29, 0.717) is 6.54 Å². The summed E-state index contributed by atoms with van der Waals surface area (Å²) >= 11 is 1.86. The normalized spacial score (nSPS) is 11.2. The van der Waals surface area contributed by atoms with Crippen LogP contribution in [0.5, 0.6) is 0 Å². The average molecular weight is 310 g/mol. The predicted molar refractivity (Wildman–Crippen MR) is 88.9 cm³/mol. The van der Waals surface area contributed by atoms with Crippen LogP contribution >= 0.6 is 11.8 Å². The quantitative estimate of drug-likeness (QED) is 0.253. The van der Waals surface area contributed by atoms with E-state index in [2.05, 4.69) is 21.9 Å². The van der Waals surface area contributed by atoms with Gasteiger partial charge in [-0.1, -0.05) is 12.1 Å². The van der Waals surface area contributed by atoms with Crippen LogP contribution in [-0.2, 0) is 6.54 Å². The third-order valence-electron chi connectivity index (χ3n) is 2.90. The number of unbranched alkanes of at least 4 members (excludes halogenated alkanes) is 1. The van der Waals surface area contributed by atoms with E-state index >= 15 is 0 Å². The second-order valence-electron chi connectivity index (χ2n) is 4.48. The molecule has 0 amide bonds. The minimum absolute atomic E-state index is 0.107. The summed E-state index contributed by atoms with van der Waals surface area (Å²) in [6, 6.07) is 6.51. The SMILES string of the molecule is CN=C(NCCCCSC)NCc1ccc([N+](=O)[O-])cc1. The molecule has 116 valence electrons. The van der Waals surface area contributed by atoms with Gasteiger partial charge in [0.2, 0.25) is 0 Å². The first-order chi connectivity index (χ1) is 10.2. The standard InChI is InChI=1S/C14H22N4O2S/c1-15-14(16-9-3-4-10-21-2)17-11-12-5-7-13(8-6-12)18(19)20/h5-8H,3-4,9-11H2,1-2H3,(H2,15,16,17). The molecule has 1 rings (SSSR count). The van der Waals surface area contributed by atoms with Crippen molar-refractivity contribution in [3.8, 4) is 0 Å². The molecule has 1 aromatic rings. The number of nitro groups is 1. The highest BCUT2D eigenvalue weighted by atomic mass is 32.2. The molecule has 0 aliphatic carbocycles. The zero-order valence-corrected chi connectivity index (χ0v) is 13.3. The van der Waals surface area contributed by atoms with Crippen molar-refractivity contribution < 1.29 is 4.92 Å². The lowest BCUT2D eigenvalue weighted by atomic mass is 10.2. The molecule has 0 unspecified atom stereocenters. The number of benzene rings is 1. The Bertz CT molecular complexity index is 463. The highest BCUT2D eigenvalue weighted by Crippen LogP contribution is 2.11. The first kappa shape index (κ1) is 17.3. The largest absolute Gasteiger partial charge is 0.356 e. The van der Waals surface area contributed by atoms with E-state index in [9.17, 15) is 10.1 Å². The number of nitro benzene ring substituents is 1. The third-order valence-corrected chi connectivity index (χ3v) is 3.60. The summed E-state index contributed by atoms with van der Waals surface area (Å²) in [7, 11) is 1.73. The Morgan fingerprint density at radius 1 is 1.29 bits per heavy atom. The fourth-order valence-corrected chi connectivity index (χ4v) is 2.21. The average Bonchev–Trinajstić information content (AvgIpc) is 2.50. The molecular weight excluding hydrogens is 288 g/mol. The van der Waals surface area contributed by atoms with Crippen molar-refractivity contribution in [1.29, 1.82) is 0 Å². The van der Waals surface area contributed by atoms with E-state index in [4.69, 9.17) is 0 Å². The number of non-ortho nitro benzene ring substituents is 1. The highest BCUT2D eigenvalue weighted by molar-refractivity contribution is 7.98. The van der Waals surface area contributed by atoms with Crippen molar-refractivity contribution in [2.45, 2.75) is 19.4 Å². The van der Waals surface area contributed by atoms with E-state index in [1.54, 1.807) is 19.2 Å². The molecule has 0 aliphatic rings. The number of nitrogens with one attached hydrogen (secondary N) is 2. The third kappa shape index (κ3) is 6.99. The van der Waals surface area contributed by atoms with E-state index in [1.807, 2.05) is 11.8 Å². The molecule has 21 heavy (non-hydrogen) atoms. The van der Waals surface area contributed by atoms with Crippen molar-refractivity contribution in [2.75, 3.05) is 25.6 Å². The molecule has 0 aromatic heterocycles. The molecular formula is C14H22N4O2S. The van der Waals surface area contributed by atoms with Crippen molar-refractivity contribution in [2.24, 2.45) is 4.99 Å². The van der Waals surface area contributed by atoms with Crippen LogP contribution in [0.25, 0.3) is 0 Å². The van der Waals surface area contributed by atoms with Gasteiger partial charge in [0.15, 0.2) is 5.96 Å². The lowest BCUT2D eigenvalue weighted by molar-refractivity contribution is -0.384. The van der Waals surface area contributed by atoms with Gasteiger partial charge in [-0.3, -0.25) is 15.1 Å². The van der Waals surface area contributed by atoms with Gasteiger partial charge in [0.1, 0.15) is 0 Å². The van der Waals surface area contributed by atoms with Crippen molar-refractivity contribution in [3.05, 3.63) is 39.9 Å². The number of hydrogen-bond acceptors (Lipinski definition) is 4.